The first-order valence-corrected chi connectivity index (χ1v) is 9.37. The molecule has 28 heavy (non-hydrogen) atoms. The standard InChI is InChI=1S/C23H25N3O2/c1-28-16-8-14-24-22-17-20(13-15-25-22)23(27)26(21-11-6-3-7-12-21)18-19-9-4-2-5-10-19/h2-7,9-13,15,17H,8,14,16,18H2,1H3,(H,24,25). The third kappa shape index (κ3) is 5.41. The Hall–Kier alpha value is -3.18. The lowest BCUT2D eigenvalue weighted by Crippen LogP contribution is -2.30. The van der Waals surface area contributed by atoms with Gasteiger partial charge in [0.15, 0.2) is 0 Å². The second kappa shape index (κ2) is 10.2. The van der Waals surface area contributed by atoms with Crippen LogP contribution in [-0.4, -0.2) is 31.2 Å². The highest BCUT2D eigenvalue weighted by molar-refractivity contribution is 6.06. The van der Waals surface area contributed by atoms with E-state index in [1.54, 1.807) is 30.3 Å². The molecule has 144 valence electrons. The molecule has 0 unspecified atom stereocenters. The number of ether oxygens (including phenoxy) is 1. The molecule has 1 heterocycles. The highest BCUT2D eigenvalue weighted by Crippen LogP contribution is 2.21. The van der Waals surface area contributed by atoms with Crippen LogP contribution in [0.5, 0.6) is 0 Å². The summed E-state index contributed by atoms with van der Waals surface area (Å²) in [5.74, 6) is 0.632. The third-order valence-corrected chi connectivity index (χ3v) is 4.33. The Balaban J connectivity index is 1.81. The van der Waals surface area contributed by atoms with Crippen molar-refractivity contribution >= 4 is 17.4 Å². The Bertz CT molecular complexity index is 869. The summed E-state index contributed by atoms with van der Waals surface area (Å²) in [4.78, 5) is 19.4. The maximum absolute atomic E-state index is 13.3. The van der Waals surface area contributed by atoms with Gasteiger partial charge in [0.2, 0.25) is 0 Å². The third-order valence-electron chi connectivity index (χ3n) is 4.33. The van der Waals surface area contributed by atoms with E-state index in [1.807, 2.05) is 60.7 Å². The van der Waals surface area contributed by atoms with Gasteiger partial charge in [-0.25, -0.2) is 4.98 Å². The van der Waals surface area contributed by atoms with Gasteiger partial charge in [0, 0.05) is 37.7 Å². The van der Waals surface area contributed by atoms with Crippen LogP contribution in [0.4, 0.5) is 11.5 Å². The summed E-state index contributed by atoms with van der Waals surface area (Å²) in [6.45, 7) is 1.93. The molecule has 0 bridgehead atoms. The van der Waals surface area contributed by atoms with E-state index in [2.05, 4.69) is 10.3 Å². The van der Waals surface area contributed by atoms with Crippen LogP contribution in [0.2, 0.25) is 0 Å². The molecule has 0 saturated heterocycles. The van der Waals surface area contributed by atoms with Gasteiger partial charge in [0.1, 0.15) is 5.82 Å². The molecular formula is C23H25N3O2. The van der Waals surface area contributed by atoms with Crippen LogP contribution in [0.3, 0.4) is 0 Å². The summed E-state index contributed by atoms with van der Waals surface area (Å²) in [5, 5.41) is 3.24. The van der Waals surface area contributed by atoms with E-state index in [0.29, 0.717) is 24.5 Å². The molecule has 5 nitrogen and oxygen atoms in total. The van der Waals surface area contributed by atoms with Crippen molar-refractivity contribution in [3.8, 4) is 0 Å². The topological polar surface area (TPSA) is 54.5 Å². The number of anilines is 2. The minimum Gasteiger partial charge on any atom is -0.385 e. The summed E-state index contributed by atoms with van der Waals surface area (Å²) in [5.41, 5.74) is 2.54. The van der Waals surface area contributed by atoms with Crippen molar-refractivity contribution in [2.45, 2.75) is 13.0 Å². The predicted octanol–water partition coefficient (Wildman–Crippen LogP) is 4.38. The number of amides is 1. The predicted molar refractivity (Wildman–Crippen MR) is 113 cm³/mol. The van der Waals surface area contributed by atoms with Crippen molar-refractivity contribution < 1.29 is 9.53 Å². The van der Waals surface area contributed by atoms with E-state index >= 15 is 0 Å². The lowest BCUT2D eigenvalue weighted by Gasteiger charge is -2.23. The molecule has 0 radical (unpaired) electrons. The number of nitrogens with one attached hydrogen (secondary N) is 1. The minimum absolute atomic E-state index is 0.0580. The minimum atomic E-state index is -0.0580. The number of nitrogens with zero attached hydrogens (tertiary/aromatic N) is 2. The zero-order valence-corrected chi connectivity index (χ0v) is 16.0. The molecule has 0 aliphatic rings. The smallest absolute Gasteiger partial charge is 0.258 e. The normalized spacial score (nSPS) is 10.5. The van der Waals surface area contributed by atoms with Crippen LogP contribution >= 0.6 is 0 Å². The van der Waals surface area contributed by atoms with Crippen molar-refractivity contribution in [2.75, 3.05) is 30.5 Å². The highest BCUT2D eigenvalue weighted by Gasteiger charge is 2.18. The first-order chi connectivity index (χ1) is 13.8. The second-order valence-corrected chi connectivity index (χ2v) is 6.42. The monoisotopic (exact) mass is 375 g/mol. The summed E-state index contributed by atoms with van der Waals surface area (Å²) in [6.07, 6.45) is 2.54. The van der Waals surface area contributed by atoms with Gasteiger partial charge in [-0.05, 0) is 36.2 Å². The van der Waals surface area contributed by atoms with E-state index in [-0.39, 0.29) is 5.91 Å². The van der Waals surface area contributed by atoms with Crippen molar-refractivity contribution in [2.24, 2.45) is 0 Å². The van der Waals surface area contributed by atoms with Crippen molar-refractivity contribution in [3.05, 3.63) is 90.1 Å². The van der Waals surface area contributed by atoms with Crippen LogP contribution < -0.4 is 10.2 Å². The SMILES string of the molecule is COCCCNc1cc(C(=O)N(Cc2ccccc2)c2ccccc2)ccn1. The molecule has 5 heteroatoms. The molecule has 0 fully saturated rings. The van der Waals surface area contributed by atoms with Crippen molar-refractivity contribution in [1.82, 2.24) is 4.98 Å². The van der Waals surface area contributed by atoms with Crippen LogP contribution in [0.1, 0.15) is 22.3 Å². The van der Waals surface area contributed by atoms with Gasteiger partial charge in [-0.15, -0.1) is 0 Å². The molecule has 3 rings (SSSR count). The number of aromatic nitrogens is 1. The fourth-order valence-corrected chi connectivity index (χ4v) is 2.90. The molecular weight excluding hydrogens is 350 g/mol. The number of methoxy groups -OCH3 is 1. The molecule has 0 saturated carbocycles. The summed E-state index contributed by atoms with van der Waals surface area (Å²) < 4.78 is 5.06. The van der Waals surface area contributed by atoms with Gasteiger partial charge in [-0.3, -0.25) is 4.79 Å². The van der Waals surface area contributed by atoms with E-state index in [9.17, 15) is 4.79 Å². The van der Waals surface area contributed by atoms with Gasteiger partial charge in [0.05, 0.1) is 6.54 Å². The van der Waals surface area contributed by atoms with Gasteiger partial charge in [-0.2, -0.15) is 0 Å². The fourth-order valence-electron chi connectivity index (χ4n) is 2.90. The quantitative estimate of drug-likeness (QED) is 0.564. The van der Waals surface area contributed by atoms with Crippen molar-refractivity contribution in [3.63, 3.8) is 0 Å². The van der Waals surface area contributed by atoms with E-state index < -0.39 is 0 Å². The maximum atomic E-state index is 13.3. The van der Waals surface area contributed by atoms with Crippen LogP contribution in [-0.2, 0) is 11.3 Å². The van der Waals surface area contributed by atoms with Crippen LogP contribution in [0.25, 0.3) is 0 Å². The first-order valence-electron chi connectivity index (χ1n) is 9.37. The molecule has 0 atom stereocenters. The number of benzene rings is 2. The number of hydrogen-bond donors (Lipinski definition) is 1. The van der Waals surface area contributed by atoms with E-state index in [1.165, 1.54) is 0 Å². The zero-order valence-electron chi connectivity index (χ0n) is 16.0. The molecule has 0 aliphatic heterocycles. The Morgan fingerprint density at radius 3 is 2.46 bits per heavy atom. The zero-order chi connectivity index (χ0) is 19.6. The number of para-hydroxylation sites is 1. The number of pyridine rings is 1. The van der Waals surface area contributed by atoms with Crippen LogP contribution in [0, 0.1) is 0 Å². The molecule has 3 aromatic rings. The number of carbonyl (C=O) groups excluding carboxylic acids is 1. The first kappa shape index (κ1) is 19.6. The Morgan fingerprint density at radius 1 is 1.04 bits per heavy atom. The molecule has 1 amide bonds. The highest BCUT2D eigenvalue weighted by atomic mass is 16.5. The molecule has 0 aliphatic carbocycles. The van der Waals surface area contributed by atoms with Gasteiger partial charge in [-0.1, -0.05) is 48.5 Å². The Labute approximate surface area is 166 Å². The average Bonchev–Trinajstić information content (AvgIpc) is 2.76. The van der Waals surface area contributed by atoms with Gasteiger partial charge in [0.25, 0.3) is 5.91 Å². The lowest BCUT2D eigenvalue weighted by atomic mass is 10.1. The largest absolute Gasteiger partial charge is 0.385 e. The summed E-state index contributed by atoms with van der Waals surface area (Å²) in [6, 6.07) is 23.3. The van der Waals surface area contributed by atoms with Crippen LogP contribution in [0.15, 0.2) is 79.0 Å². The molecule has 1 N–H and O–H groups in total. The lowest BCUT2D eigenvalue weighted by molar-refractivity contribution is 0.0985. The molecule has 0 spiro atoms. The van der Waals surface area contributed by atoms with Gasteiger partial charge < -0.3 is 15.0 Å². The molecule has 1 aromatic heterocycles. The number of rotatable bonds is 9. The molecule has 2 aromatic carbocycles. The Morgan fingerprint density at radius 2 is 1.75 bits per heavy atom. The van der Waals surface area contributed by atoms with E-state index in [4.69, 9.17) is 4.74 Å². The van der Waals surface area contributed by atoms with Crippen molar-refractivity contribution in [1.29, 1.82) is 0 Å². The number of hydrogen-bond acceptors (Lipinski definition) is 4. The fraction of sp³-hybridized carbons (Fsp3) is 0.217. The summed E-state index contributed by atoms with van der Waals surface area (Å²) in [7, 11) is 1.68. The number of carbonyl (C=O) groups is 1. The van der Waals surface area contributed by atoms with E-state index in [0.717, 1.165) is 24.2 Å². The maximum Gasteiger partial charge on any atom is 0.258 e. The summed E-state index contributed by atoms with van der Waals surface area (Å²) >= 11 is 0. The van der Waals surface area contributed by atoms with Gasteiger partial charge >= 0.3 is 0 Å². The second-order valence-electron chi connectivity index (χ2n) is 6.42. The average molecular weight is 375 g/mol. The Kier molecular flexibility index (Phi) is 7.15.